The van der Waals surface area contributed by atoms with E-state index in [0.717, 1.165) is 30.8 Å². The number of carbonyl (C=O) groups is 1. The van der Waals surface area contributed by atoms with Gasteiger partial charge in [-0.15, -0.1) is 0 Å². The van der Waals surface area contributed by atoms with Crippen LogP contribution in [-0.2, 0) is 0 Å². The molecule has 1 fully saturated rings. The van der Waals surface area contributed by atoms with E-state index in [1.807, 2.05) is 12.1 Å². The highest BCUT2D eigenvalue weighted by atomic mass is 16.5. The second-order valence-electron chi connectivity index (χ2n) is 5.67. The fourth-order valence-electron chi connectivity index (χ4n) is 2.85. The smallest absolute Gasteiger partial charge is 0.287 e. The highest BCUT2D eigenvalue weighted by Gasteiger charge is 2.14. The van der Waals surface area contributed by atoms with Crippen molar-refractivity contribution in [3.05, 3.63) is 30.0 Å². The third-order valence-corrected chi connectivity index (χ3v) is 4.11. The fourth-order valence-corrected chi connectivity index (χ4v) is 2.85. The van der Waals surface area contributed by atoms with Gasteiger partial charge >= 0.3 is 0 Å². The number of rotatable bonds is 5. The zero-order valence-electron chi connectivity index (χ0n) is 12.9. The summed E-state index contributed by atoms with van der Waals surface area (Å²) in [6, 6.07) is 7.31. The zero-order chi connectivity index (χ0) is 15.4. The first-order valence-electron chi connectivity index (χ1n) is 7.84. The maximum absolute atomic E-state index is 12.2. The number of benzene rings is 1. The van der Waals surface area contributed by atoms with Crippen LogP contribution in [0.25, 0.3) is 11.0 Å². The molecule has 0 bridgehead atoms. The number of hydrogen-bond acceptors (Lipinski definition) is 4. The van der Waals surface area contributed by atoms with Crippen molar-refractivity contribution in [2.75, 3.05) is 33.3 Å². The Morgan fingerprint density at radius 2 is 2.09 bits per heavy atom. The molecule has 0 unspecified atom stereocenters. The Morgan fingerprint density at radius 1 is 1.27 bits per heavy atom. The summed E-state index contributed by atoms with van der Waals surface area (Å²) in [4.78, 5) is 14.6. The molecule has 1 saturated heterocycles. The molecule has 0 aliphatic carbocycles. The average molecular weight is 302 g/mol. The molecule has 1 N–H and O–H groups in total. The second-order valence-corrected chi connectivity index (χ2v) is 5.67. The van der Waals surface area contributed by atoms with Gasteiger partial charge in [-0.1, -0.05) is 6.42 Å². The number of ether oxygens (including phenoxy) is 1. The molecule has 2 heterocycles. The van der Waals surface area contributed by atoms with Crippen LogP contribution in [0, 0.1) is 0 Å². The van der Waals surface area contributed by atoms with Crippen LogP contribution < -0.4 is 10.1 Å². The number of piperidine rings is 1. The van der Waals surface area contributed by atoms with Crippen molar-refractivity contribution in [3.63, 3.8) is 0 Å². The number of fused-ring (bicyclic) bond motifs is 1. The van der Waals surface area contributed by atoms with E-state index in [0.29, 0.717) is 17.9 Å². The molecule has 1 amide bonds. The molecule has 0 atom stereocenters. The van der Waals surface area contributed by atoms with Crippen molar-refractivity contribution in [2.24, 2.45) is 0 Å². The quantitative estimate of drug-likeness (QED) is 0.922. The Morgan fingerprint density at radius 3 is 2.86 bits per heavy atom. The van der Waals surface area contributed by atoms with E-state index in [1.165, 1.54) is 19.3 Å². The molecule has 118 valence electrons. The predicted molar refractivity (Wildman–Crippen MR) is 85.4 cm³/mol. The van der Waals surface area contributed by atoms with Crippen LogP contribution in [0.3, 0.4) is 0 Å². The first kappa shape index (κ1) is 14.9. The molecule has 3 rings (SSSR count). The lowest BCUT2D eigenvalue weighted by Gasteiger charge is -2.26. The minimum absolute atomic E-state index is 0.160. The summed E-state index contributed by atoms with van der Waals surface area (Å²) in [5, 5.41) is 3.83. The van der Waals surface area contributed by atoms with Crippen molar-refractivity contribution in [2.45, 2.75) is 19.3 Å². The lowest BCUT2D eigenvalue weighted by Crippen LogP contribution is -2.37. The van der Waals surface area contributed by atoms with E-state index in [1.54, 1.807) is 19.2 Å². The summed E-state index contributed by atoms with van der Waals surface area (Å²) >= 11 is 0. The minimum Gasteiger partial charge on any atom is -0.497 e. The van der Waals surface area contributed by atoms with Gasteiger partial charge in [0.25, 0.3) is 5.91 Å². The van der Waals surface area contributed by atoms with Crippen molar-refractivity contribution in [1.29, 1.82) is 0 Å². The molecule has 5 nitrogen and oxygen atoms in total. The second kappa shape index (κ2) is 6.83. The Hall–Kier alpha value is -2.01. The van der Waals surface area contributed by atoms with Gasteiger partial charge in [-0.3, -0.25) is 4.79 Å². The first-order chi connectivity index (χ1) is 10.8. The van der Waals surface area contributed by atoms with E-state index >= 15 is 0 Å². The van der Waals surface area contributed by atoms with E-state index in [4.69, 9.17) is 9.15 Å². The molecule has 1 aliphatic heterocycles. The molecule has 0 spiro atoms. The van der Waals surface area contributed by atoms with Gasteiger partial charge < -0.3 is 19.4 Å². The summed E-state index contributed by atoms with van der Waals surface area (Å²) in [7, 11) is 1.61. The number of methoxy groups -OCH3 is 1. The number of nitrogens with zero attached hydrogens (tertiary/aromatic N) is 1. The van der Waals surface area contributed by atoms with Gasteiger partial charge in [0.05, 0.1) is 7.11 Å². The lowest BCUT2D eigenvalue weighted by atomic mass is 10.1. The number of amides is 1. The van der Waals surface area contributed by atoms with E-state index in [2.05, 4.69) is 10.2 Å². The molecule has 1 aromatic heterocycles. The van der Waals surface area contributed by atoms with Crippen molar-refractivity contribution in [1.82, 2.24) is 10.2 Å². The lowest BCUT2D eigenvalue weighted by molar-refractivity contribution is 0.0921. The monoisotopic (exact) mass is 302 g/mol. The predicted octanol–water partition coefficient (Wildman–Crippen LogP) is 2.66. The van der Waals surface area contributed by atoms with Gasteiger partial charge in [0, 0.05) is 24.5 Å². The van der Waals surface area contributed by atoms with Crippen molar-refractivity contribution in [3.8, 4) is 5.75 Å². The summed E-state index contributed by atoms with van der Waals surface area (Å²) in [6.45, 7) is 3.83. The highest BCUT2D eigenvalue weighted by molar-refractivity contribution is 5.96. The standard InChI is InChI=1S/C17H22N2O3/c1-21-14-6-5-13-11-16(22-15(13)12-14)17(20)18-7-10-19-8-3-2-4-9-19/h5-6,11-12H,2-4,7-10H2,1H3,(H,18,20). The molecule has 1 aliphatic rings. The molecule has 5 heteroatoms. The molecule has 2 aromatic rings. The Labute approximate surface area is 130 Å². The SMILES string of the molecule is COc1ccc2cc(C(=O)NCCN3CCCCC3)oc2c1. The highest BCUT2D eigenvalue weighted by Crippen LogP contribution is 2.24. The summed E-state index contributed by atoms with van der Waals surface area (Å²) in [5.74, 6) is 0.910. The van der Waals surface area contributed by atoms with Crippen LogP contribution in [0.5, 0.6) is 5.75 Å². The van der Waals surface area contributed by atoms with E-state index < -0.39 is 0 Å². The first-order valence-corrected chi connectivity index (χ1v) is 7.84. The van der Waals surface area contributed by atoms with Crippen LogP contribution in [0.2, 0.25) is 0 Å². The van der Waals surface area contributed by atoms with Crippen LogP contribution >= 0.6 is 0 Å². The van der Waals surface area contributed by atoms with Crippen LogP contribution in [0.4, 0.5) is 0 Å². The topological polar surface area (TPSA) is 54.7 Å². The largest absolute Gasteiger partial charge is 0.497 e. The normalized spacial score (nSPS) is 15.9. The van der Waals surface area contributed by atoms with Crippen molar-refractivity contribution >= 4 is 16.9 Å². The van der Waals surface area contributed by atoms with Crippen LogP contribution in [0.15, 0.2) is 28.7 Å². The van der Waals surface area contributed by atoms with Gasteiger partial charge in [-0.2, -0.15) is 0 Å². The third-order valence-electron chi connectivity index (χ3n) is 4.11. The molecular formula is C17H22N2O3. The molecule has 22 heavy (non-hydrogen) atoms. The minimum atomic E-state index is -0.160. The summed E-state index contributed by atoms with van der Waals surface area (Å²) < 4.78 is 10.8. The molecule has 0 radical (unpaired) electrons. The maximum Gasteiger partial charge on any atom is 0.287 e. The van der Waals surface area contributed by atoms with Gasteiger partial charge in [0.15, 0.2) is 5.76 Å². The average Bonchev–Trinajstić information content (AvgIpc) is 2.99. The van der Waals surface area contributed by atoms with Gasteiger partial charge in [-0.05, 0) is 44.1 Å². The fraction of sp³-hybridized carbons (Fsp3) is 0.471. The number of carbonyl (C=O) groups excluding carboxylic acids is 1. The third kappa shape index (κ3) is 3.42. The Balaban J connectivity index is 1.57. The Kier molecular flexibility index (Phi) is 4.63. The van der Waals surface area contributed by atoms with Gasteiger partial charge in [0.1, 0.15) is 11.3 Å². The number of nitrogens with one attached hydrogen (secondary N) is 1. The number of likely N-dealkylation sites (tertiary alicyclic amines) is 1. The van der Waals surface area contributed by atoms with E-state index in [9.17, 15) is 4.79 Å². The number of hydrogen-bond donors (Lipinski definition) is 1. The summed E-state index contributed by atoms with van der Waals surface area (Å²) in [6.07, 6.45) is 3.85. The molecule has 1 aromatic carbocycles. The zero-order valence-corrected chi connectivity index (χ0v) is 12.9. The van der Waals surface area contributed by atoms with E-state index in [-0.39, 0.29) is 5.91 Å². The van der Waals surface area contributed by atoms with Crippen LogP contribution in [-0.4, -0.2) is 44.1 Å². The maximum atomic E-state index is 12.2. The summed E-state index contributed by atoms with van der Waals surface area (Å²) in [5.41, 5.74) is 0.667. The Bertz CT molecular complexity index is 644. The van der Waals surface area contributed by atoms with Gasteiger partial charge in [0.2, 0.25) is 0 Å². The molecule has 0 saturated carbocycles. The molecular weight excluding hydrogens is 280 g/mol. The van der Waals surface area contributed by atoms with Gasteiger partial charge in [-0.25, -0.2) is 0 Å². The van der Waals surface area contributed by atoms with Crippen molar-refractivity contribution < 1.29 is 13.9 Å². The number of furan rings is 1. The van der Waals surface area contributed by atoms with Crippen LogP contribution in [0.1, 0.15) is 29.8 Å².